The Morgan fingerprint density at radius 1 is 1.09 bits per heavy atom. The number of carbonyl (C=O) groups is 2. The van der Waals surface area contributed by atoms with E-state index < -0.39 is 23.8 Å². The van der Waals surface area contributed by atoms with Crippen molar-refractivity contribution in [3.63, 3.8) is 0 Å². The van der Waals surface area contributed by atoms with Crippen LogP contribution in [0.1, 0.15) is 17.5 Å². The van der Waals surface area contributed by atoms with E-state index in [1.807, 2.05) is 42.5 Å². The van der Waals surface area contributed by atoms with Crippen molar-refractivity contribution in [2.45, 2.75) is 12.0 Å². The van der Waals surface area contributed by atoms with E-state index in [1.165, 1.54) is 0 Å². The fraction of sp³-hybridized carbons (Fsp3) is 0.118. The zero-order valence-electron chi connectivity index (χ0n) is 12.0. The van der Waals surface area contributed by atoms with Gasteiger partial charge in [0.25, 0.3) is 11.8 Å². The average Bonchev–Trinajstić information content (AvgIpc) is 2.56. The summed E-state index contributed by atoms with van der Waals surface area (Å²) in [6.07, 6.45) is 3.54. The van der Waals surface area contributed by atoms with Gasteiger partial charge in [-0.3, -0.25) is 20.3 Å². The van der Waals surface area contributed by atoms with Crippen molar-refractivity contribution in [1.29, 1.82) is 5.41 Å². The molecule has 23 heavy (non-hydrogen) atoms. The van der Waals surface area contributed by atoms with Gasteiger partial charge in [0, 0.05) is 16.6 Å². The van der Waals surface area contributed by atoms with Gasteiger partial charge in [-0.2, -0.15) is 4.57 Å². The first kappa shape index (κ1) is 15.3. The highest BCUT2D eigenvalue weighted by molar-refractivity contribution is 9.10. The number of benzene rings is 1. The van der Waals surface area contributed by atoms with Gasteiger partial charge in [-0.05, 0) is 23.6 Å². The minimum atomic E-state index is -0.650. The summed E-state index contributed by atoms with van der Waals surface area (Å²) < 4.78 is 2.64. The van der Waals surface area contributed by atoms with Gasteiger partial charge in [0.05, 0.1) is 11.5 Å². The number of nitrogens with one attached hydrogen (secondary N) is 2. The highest BCUT2D eigenvalue weighted by Crippen LogP contribution is 2.35. The van der Waals surface area contributed by atoms with Gasteiger partial charge >= 0.3 is 0 Å². The van der Waals surface area contributed by atoms with Crippen LogP contribution in [-0.4, -0.2) is 17.7 Å². The second-order valence-corrected chi connectivity index (χ2v) is 6.07. The number of hydrogen-bond acceptors (Lipinski definition) is 3. The molecule has 1 aliphatic rings. The Morgan fingerprint density at radius 3 is 2.35 bits per heavy atom. The maximum absolute atomic E-state index is 12.5. The summed E-state index contributed by atoms with van der Waals surface area (Å²) in [6.45, 7) is 0. The summed E-state index contributed by atoms with van der Waals surface area (Å²) in [5.74, 6) is 0.699. The van der Waals surface area contributed by atoms with E-state index in [-0.39, 0.29) is 5.57 Å². The molecular formula is C17H13BrN3O2+. The molecule has 0 unspecified atom stereocenters. The average molecular weight is 371 g/mol. The highest BCUT2D eigenvalue weighted by atomic mass is 79.9. The predicted octanol–water partition coefficient (Wildman–Crippen LogP) is 1.89. The largest absolute Gasteiger partial charge is 0.296 e. The molecule has 114 valence electrons. The lowest BCUT2D eigenvalue weighted by Gasteiger charge is -2.27. The molecule has 1 aromatic heterocycles. The molecule has 1 aliphatic heterocycles. The molecule has 0 spiro atoms. The summed E-state index contributed by atoms with van der Waals surface area (Å²) >= 11 is 3.37. The van der Waals surface area contributed by atoms with Crippen molar-refractivity contribution in [3.8, 4) is 0 Å². The van der Waals surface area contributed by atoms with Crippen LogP contribution in [0.5, 0.6) is 0 Å². The first-order valence-electron chi connectivity index (χ1n) is 6.98. The van der Waals surface area contributed by atoms with E-state index in [4.69, 9.17) is 5.41 Å². The standard InChI is InChI=1S/C17H12BrN3O2/c18-12-6-4-11(5-7-12)14-13(10-19)16(22)20-17(23)15(14)21-8-2-1-3-9-21/h1-9,14-15,19H/p+1/t14-,15+/m0/s1. The molecule has 6 heteroatoms. The summed E-state index contributed by atoms with van der Waals surface area (Å²) in [6, 6.07) is 12.2. The predicted molar refractivity (Wildman–Crippen MR) is 86.9 cm³/mol. The van der Waals surface area contributed by atoms with Crippen LogP contribution in [0.15, 0.2) is 64.9 Å². The molecule has 1 fully saturated rings. The molecule has 0 aliphatic carbocycles. The molecular weight excluding hydrogens is 358 g/mol. The van der Waals surface area contributed by atoms with Crippen molar-refractivity contribution in [2.75, 3.05) is 0 Å². The Morgan fingerprint density at radius 2 is 1.74 bits per heavy atom. The molecule has 0 radical (unpaired) electrons. The van der Waals surface area contributed by atoms with Crippen LogP contribution in [0, 0.1) is 5.41 Å². The van der Waals surface area contributed by atoms with Gasteiger partial charge in [0.2, 0.25) is 6.04 Å². The summed E-state index contributed by atoms with van der Waals surface area (Å²) in [5.41, 5.74) is 0.931. The first-order valence-corrected chi connectivity index (χ1v) is 7.77. The van der Waals surface area contributed by atoms with Gasteiger partial charge in [0.15, 0.2) is 12.4 Å². The molecule has 5 nitrogen and oxygen atoms in total. The molecule has 2 atom stereocenters. The van der Waals surface area contributed by atoms with Crippen LogP contribution in [0.2, 0.25) is 0 Å². The second-order valence-electron chi connectivity index (χ2n) is 5.15. The molecule has 1 aromatic carbocycles. The van der Waals surface area contributed by atoms with Crippen LogP contribution < -0.4 is 9.88 Å². The lowest BCUT2D eigenvalue weighted by atomic mass is 9.81. The van der Waals surface area contributed by atoms with Crippen molar-refractivity contribution >= 4 is 33.6 Å². The van der Waals surface area contributed by atoms with Crippen molar-refractivity contribution in [1.82, 2.24) is 5.32 Å². The minimum absolute atomic E-state index is 0.147. The van der Waals surface area contributed by atoms with Crippen molar-refractivity contribution in [2.24, 2.45) is 0 Å². The highest BCUT2D eigenvalue weighted by Gasteiger charge is 2.47. The topological polar surface area (TPSA) is 73.9 Å². The van der Waals surface area contributed by atoms with Gasteiger partial charge < -0.3 is 0 Å². The van der Waals surface area contributed by atoms with Crippen molar-refractivity contribution < 1.29 is 14.2 Å². The van der Waals surface area contributed by atoms with Crippen LogP contribution in [0.4, 0.5) is 0 Å². The minimum Gasteiger partial charge on any atom is -0.286 e. The lowest BCUT2D eigenvalue weighted by molar-refractivity contribution is -0.711. The van der Waals surface area contributed by atoms with E-state index in [0.29, 0.717) is 0 Å². The number of carbonyl (C=O) groups excluding carboxylic acids is 2. The first-order chi connectivity index (χ1) is 11.1. The fourth-order valence-electron chi connectivity index (χ4n) is 2.76. The molecule has 0 saturated carbocycles. The maximum Gasteiger partial charge on any atom is 0.296 e. The molecule has 1 saturated heterocycles. The second kappa shape index (κ2) is 6.28. The van der Waals surface area contributed by atoms with E-state index in [1.54, 1.807) is 17.0 Å². The normalized spacial score (nSPS) is 20.8. The van der Waals surface area contributed by atoms with Crippen LogP contribution in [-0.2, 0) is 9.59 Å². The Bertz CT molecular complexity index is 811. The Labute approximate surface area is 141 Å². The number of piperidine rings is 1. The number of pyridine rings is 1. The molecule has 2 amide bonds. The third-order valence-corrected chi connectivity index (χ3v) is 4.33. The Balaban J connectivity index is 2.17. The van der Waals surface area contributed by atoms with E-state index >= 15 is 0 Å². The Kier molecular flexibility index (Phi) is 4.19. The maximum atomic E-state index is 12.5. The van der Waals surface area contributed by atoms with Crippen LogP contribution in [0.25, 0.3) is 0 Å². The third kappa shape index (κ3) is 2.86. The SMILES string of the molecule is N=C=C1C(=O)NC(=O)[C@H]([n+]2ccccc2)[C@H]1c1ccc(Br)cc1. The van der Waals surface area contributed by atoms with Crippen LogP contribution >= 0.6 is 15.9 Å². The molecule has 2 aromatic rings. The number of rotatable bonds is 2. The number of nitrogens with zero attached hydrogens (tertiary/aromatic N) is 1. The van der Waals surface area contributed by atoms with Crippen molar-refractivity contribution in [3.05, 3.63) is 70.5 Å². The van der Waals surface area contributed by atoms with Gasteiger partial charge in [-0.25, -0.2) is 0 Å². The summed E-state index contributed by atoms with van der Waals surface area (Å²) in [5, 5.41) is 9.80. The van der Waals surface area contributed by atoms with E-state index in [9.17, 15) is 9.59 Å². The van der Waals surface area contributed by atoms with Crippen LogP contribution in [0.3, 0.4) is 0 Å². The van der Waals surface area contributed by atoms with E-state index in [0.717, 1.165) is 10.0 Å². The Hall–Kier alpha value is -2.56. The lowest BCUT2D eigenvalue weighted by Crippen LogP contribution is -2.57. The number of imide groups is 1. The molecule has 2 heterocycles. The zero-order valence-corrected chi connectivity index (χ0v) is 13.6. The van der Waals surface area contributed by atoms with Gasteiger partial charge in [-0.15, -0.1) is 0 Å². The summed E-state index contributed by atoms with van der Waals surface area (Å²) in [7, 11) is 0. The molecule has 2 N–H and O–H groups in total. The van der Waals surface area contributed by atoms with Gasteiger partial charge in [-0.1, -0.05) is 34.1 Å². The molecule has 0 bridgehead atoms. The summed E-state index contributed by atoms with van der Waals surface area (Å²) in [4.78, 5) is 24.5. The quantitative estimate of drug-likeness (QED) is 0.366. The number of halogens is 1. The number of aromatic nitrogens is 1. The smallest absolute Gasteiger partial charge is 0.286 e. The monoisotopic (exact) mass is 370 g/mol. The third-order valence-electron chi connectivity index (χ3n) is 3.80. The number of hydrogen-bond donors (Lipinski definition) is 2. The zero-order chi connectivity index (χ0) is 16.4. The fourth-order valence-corrected chi connectivity index (χ4v) is 3.03. The molecule has 3 rings (SSSR count). The van der Waals surface area contributed by atoms with E-state index in [2.05, 4.69) is 27.1 Å². The van der Waals surface area contributed by atoms with Gasteiger partial charge in [0.1, 0.15) is 0 Å². The number of amides is 2.